The molecule has 0 aliphatic carbocycles. The van der Waals surface area contributed by atoms with Crippen LogP contribution in [0.2, 0.25) is 0 Å². The Morgan fingerprint density at radius 1 is 0.735 bits per heavy atom. The van der Waals surface area contributed by atoms with Gasteiger partial charge >= 0.3 is 11.9 Å². The summed E-state index contributed by atoms with van der Waals surface area (Å²) in [5.41, 5.74) is 16.5. The van der Waals surface area contributed by atoms with Gasteiger partial charge in [0.15, 0.2) is 0 Å². The lowest BCUT2D eigenvalue weighted by molar-refractivity contribution is -0.143. The largest absolute Gasteiger partial charge is 0.481 e. The van der Waals surface area contributed by atoms with Gasteiger partial charge in [0, 0.05) is 35.5 Å². The molecule has 0 fully saturated rings. The number of hydrogen-bond donors (Lipinski definition) is 6. The lowest BCUT2D eigenvalue weighted by Crippen LogP contribution is -2.17. The number of fused-ring (bicyclic) bond motifs is 2. The zero-order chi connectivity index (χ0) is 25.1. The zero-order valence-corrected chi connectivity index (χ0v) is 19.6. The number of rotatable bonds is 7. The molecule has 8 nitrogen and oxygen atoms in total. The molecule has 0 amide bonds. The summed E-state index contributed by atoms with van der Waals surface area (Å²) in [6, 6.07) is 17.5. The Kier molecular flexibility index (Phi) is 10.3. The van der Waals surface area contributed by atoms with Crippen molar-refractivity contribution in [2.45, 2.75) is 51.6 Å². The number of nitrogens with two attached hydrogens (primary N) is 2. The molecule has 8 N–H and O–H groups in total. The highest BCUT2D eigenvalue weighted by atomic mass is 16.4. The number of H-pyrrole nitrogens is 2. The van der Waals surface area contributed by atoms with Crippen molar-refractivity contribution >= 4 is 33.7 Å². The standard InChI is InChI=1S/2C11H14N2.C4H6O4/c2*1-8(12)6-9-2-3-11-10(7-9)4-5-13-11;5-3(6)1-2-4(7)8/h2*2-5,7-8,13H,6,12H2,1H3;1-2H2,(H,5,6)(H,7,8). The summed E-state index contributed by atoms with van der Waals surface area (Å²) in [5, 5.41) is 18.3. The van der Waals surface area contributed by atoms with Crippen LogP contribution in [0.1, 0.15) is 37.8 Å². The van der Waals surface area contributed by atoms with Crippen molar-refractivity contribution in [3.8, 4) is 0 Å². The summed E-state index contributed by atoms with van der Waals surface area (Å²) < 4.78 is 0. The summed E-state index contributed by atoms with van der Waals surface area (Å²) in [6.45, 7) is 4.06. The molecule has 2 aromatic heterocycles. The minimum absolute atomic E-state index is 0.233. The van der Waals surface area contributed by atoms with Gasteiger partial charge in [-0.05, 0) is 85.0 Å². The van der Waals surface area contributed by atoms with Gasteiger partial charge in [0.2, 0.25) is 0 Å². The first-order valence-electron chi connectivity index (χ1n) is 11.2. The summed E-state index contributed by atoms with van der Waals surface area (Å²) >= 11 is 0. The fourth-order valence-corrected chi connectivity index (χ4v) is 3.42. The van der Waals surface area contributed by atoms with Gasteiger partial charge in [-0.15, -0.1) is 0 Å². The number of hydrogen-bond acceptors (Lipinski definition) is 4. The van der Waals surface area contributed by atoms with Crippen LogP contribution < -0.4 is 11.5 Å². The Bertz CT molecular complexity index is 1100. The van der Waals surface area contributed by atoms with Gasteiger partial charge in [-0.1, -0.05) is 12.1 Å². The van der Waals surface area contributed by atoms with Crippen LogP contribution >= 0.6 is 0 Å². The van der Waals surface area contributed by atoms with Crippen molar-refractivity contribution in [3.05, 3.63) is 72.1 Å². The van der Waals surface area contributed by atoms with E-state index in [0.717, 1.165) is 12.8 Å². The zero-order valence-electron chi connectivity index (χ0n) is 19.6. The number of aromatic amines is 2. The van der Waals surface area contributed by atoms with E-state index in [9.17, 15) is 9.59 Å². The third kappa shape index (κ3) is 9.48. The monoisotopic (exact) mass is 466 g/mol. The van der Waals surface area contributed by atoms with Crippen molar-refractivity contribution < 1.29 is 19.8 Å². The molecule has 0 saturated carbocycles. The Labute approximate surface area is 199 Å². The van der Waals surface area contributed by atoms with E-state index in [1.54, 1.807) is 0 Å². The predicted octanol–water partition coefficient (Wildman–Crippen LogP) is 4.05. The molecule has 0 saturated heterocycles. The van der Waals surface area contributed by atoms with E-state index in [-0.39, 0.29) is 24.9 Å². The second-order valence-corrected chi connectivity index (χ2v) is 8.45. The van der Waals surface area contributed by atoms with E-state index < -0.39 is 11.9 Å². The number of nitrogens with one attached hydrogen (secondary N) is 2. The molecule has 0 bridgehead atoms. The van der Waals surface area contributed by atoms with E-state index in [2.05, 4.69) is 58.5 Å². The molecule has 2 heterocycles. The van der Waals surface area contributed by atoms with E-state index >= 15 is 0 Å². The maximum atomic E-state index is 9.64. The van der Waals surface area contributed by atoms with Gasteiger partial charge in [-0.2, -0.15) is 0 Å². The lowest BCUT2D eigenvalue weighted by atomic mass is 10.1. The van der Waals surface area contributed by atoms with E-state index in [0.29, 0.717) is 0 Å². The number of carbonyl (C=O) groups is 2. The second kappa shape index (κ2) is 13.2. The van der Waals surface area contributed by atoms with E-state index in [4.69, 9.17) is 21.7 Å². The van der Waals surface area contributed by atoms with Crippen LogP contribution in [-0.4, -0.2) is 44.2 Å². The first-order chi connectivity index (χ1) is 16.1. The number of carboxylic acid groups (broad SMARTS) is 2. The predicted molar refractivity (Wildman–Crippen MR) is 136 cm³/mol. The highest BCUT2D eigenvalue weighted by Gasteiger charge is 2.01. The van der Waals surface area contributed by atoms with Crippen molar-refractivity contribution in [1.29, 1.82) is 0 Å². The second-order valence-electron chi connectivity index (χ2n) is 8.45. The Morgan fingerprint density at radius 3 is 1.44 bits per heavy atom. The summed E-state index contributed by atoms with van der Waals surface area (Å²) in [4.78, 5) is 25.6. The van der Waals surface area contributed by atoms with E-state index in [1.165, 1.54) is 32.9 Å². The molecule has 2 atom stereocenters. The fraction of sp³-hybridized carbons (Fsp3) is 0.308. The normalized spacial score (nSPS) is 12.2. The van der Waals surface area contributed by atoms with Crippen molar-refractivity contribution in [3.63, 3.8) is 0 Å². The van der Waals surface area contributed by atoms with Gasteiger partial charge < -0.3 is 31.6 Å². The molecule has 4 rings (SSSR count). The first-order valence-corrected chi connectivity index (χ1v) is 11.2. The topological polar surface area (TPSA) is 158 Å². The average Bonchev–Trinajstić information content (AvgIpc) is 3.40. The smallest absolute Gasteiger partial charge is 0.303 e. The van der Waals surface area contributed by atoms with Gasteiger partial charge in [0.1, 0.15) is 0 Å². The first kappa shape index (κ1) is 26.6. The summed E-state index contributed by atoms with van der Waals surface area (Å²) in [6.07, 6.45) is 5.22. The fourth-order valence-electron chi connectivity index (χ4n) is 3.42. The summed E-state index contributed by atoms with van der Waals surface area (Å²) in [7, 11) is 0. The van der Waals surface area contributed by atoms with Crippen LogP contribution in [0.15, 0.2) is 60.9 Å². The SMILES string of the molecule is CC(N)Cc1ccc2[nH]ccc2c1.CC(N)Cc1ccc2[nH]ccc2c1.O=C(O)CCC(=O)O. The minimum atomic E-state index is -1.08. The van der Waals surface area contributed by atoms with Crippen LogP contribution in [-0.2, 0) is 22.4 Å². The number of aliphatic carboxylic acids is 2. The molecular formula is C26H34N4O4. The number of benzene rings is 2. The third-order valence-corrected chi connectivity index (χ3v) is 4.90. The van der Waals surface area contributed by atoms with Crippen LogP contribution in [0.3, 0.4) is 0 Å². The van der Waals surface area contributed by atoms with Gasteiger partial charge in [0.05, 0.1) is 12.8 Å². The third-order valence-electron chi connectivity index (χ3n) is 4.90. The molecule has 8 heteroatoms. The molecule has 0 aliphatic heterocycles. The maximum absolute atomic E-state index is 9.64. The van der Waals surface area contributed by atoms with Crippen LogP contribution in [0.4, 0.5) is 0 Å². The molecular weight excluding hydrogens is 432 g/mol. The van der Waals surface area contributed by atoms with E-state index in [1.807, 2.05) is 26.2 Å². The van der Waals surface area contributed by atoms with Crippen LogP contribution in [0.25, 0.3) is 21.8 Å². The number of carboxylic acids is 2. The summed E-state index contributed by atoms with van der Waals surface area (Å²) in [5.74, 6) is -2.15. The molecule has 0 spiro atoms. The number of aromatic nitrogens is 2. The minimum Gasteiger partial charge on any atom is -0.481 e. The van der Waals surface area contributed by atoms with Gasteiger partial charge in [-0.3, -0.25) is 9.59 Å². The molecule has 4 aromatic rings. The highest BCUT2D eigenvalue weighted by Crippen LogP contribution is 2.16. The molecule has 2 aromatic carbocycles. The van der Waals surface area contributed by atoms with Gasteiger partial charge in [-0.25, -0.2) is 0 Å². The quantitative estimate of drug-likeness (QED) is 0.241. The van der Waals surface area contributed by atoms with Crippen LogP contribution in [0.5, 0.6) is 0 Å². The molecule has 34 heavy (non-hydrogen) atoms. The maximum Gasteiger partial charge on any atom is 0.303 e. The molecule has 0 radical (unpaired) electrons. The molecule has 2 unspecified atom stereocenters. The van der Waals surface area contributed by atoms with Crippen molar-refractivity contribution in [1.82, 2.24) is 9.97 Å². The molecule has 0 aliphatic rings. The lowest BCUT2D eigenvalue weighted by Gasteiger charge is -2.04. The Balaban J connectivity index is 0.000000187. The van der Waals surface area contributed by atoms with Gasteiger partial charge in [0.25, 0.3) is 0 Å². The average molecular weight is 467 g/mol. The van der Waals surface area contributed by atoms with Crippen molar-refractivity contribution in [2.24, 2.45) is 11.5 Å². The molecule has 182 valence electrons. The Hall–Kier alpha value is -3.62. The Morgan fingerprint density at radius 2 is 1.12 bits per heavy atom. The highest BCUT2D eigenvalue weighted by molar-refractivity contribution is 5.80. The van der Waals surface area contributed by atoms with Crippen molar-refractivity contribution in [2.75, 3.05) is 0 Å². The van der Waals surface area contributed by atoms with Crippen LogP contribution in [0, 0.1) is 0 Å².